The third-order valence-corrected chi connectivity index (χ3v) is 4.82. The van der Waals surface area contributed by atoms with Crippen molar-refractivity contribution >= 4 is 5.95 Å². The van der Waals surface area contributed by atoms with Gasteiger partial charge < -0.3 is 10.1 Å². The molecule has 0 spiro atoms. The van der Waals surface area contributed by atoms with Gasteiger partial charge in [-0.05, 0) is 12.8 Å². The van der Waals surface area contributed by atoms with Crippen molar-refractivity contribution in [2.75, 3.05) is 44.7 Å². The lowest BCUT2D eigenvalue weighted by Gasteiger charge is -2.42. The molecule has 122 valence electrons. The normalized spacial score (nSPS) is 22.4. The fourth-order valence-corrected chi connectivity index (χ4v) is 3.60. The van der Waals surface area contributed by atoms with Crippen LogP contribution in [0.3, 0.4) is 0 Å². The van der Waals surface area contributed by atoms with Gasteiger partial charge >= 0.3 is 0 Å². The minimum atomic E-state index is -0.397. The second-order valence-corrected chi connectivity index (χ2v) is 6.53. The van der Waals surface area contributed by atoms with Gasteiger partial charge in [0.2, 0.25) is 5.95 Å². The molecule has 1 N–H and O–H groups in total. The van der Waals surface area contributed by atoms with E-state index in [9.17, 15) is 4.39 Å². The van der Waals surface area contributed by atoms with Crippen molar-refractivity contribution < 1.29 is 9.13 Å². The molecular formula is C16H25FN4O. The monoisotopic (exact) mass is 308 g/mol. The lowest BCUT2D eigenvalue weighted by molar-refractivity contribution is 0.0102. The van der Waals surface area contributed by atoms with Crippen molar-refractivity contribution in [2.24, 2.45) is 5.41 Å². The van der Waals surface area contributed by atoms with E-state index in [0.29, 0.717) is 5.95 Å². The number of hydrogen-bond donors (Lipinski definition) is 1. The molecule has 1 aliphatic carbocycles. The summed E-state index contributed by atoms with van der Waals surface area (Å²) in [5.74, 6) is 0.125. The van der Waals surface area contributed by atoms with Gasteiger partial charge in [0.25, 0.3) is 0 Å². The number of nitrogens with zero attached hydrogens (tertiary/aromatic N) is 3. The highest BCUT2D eigenvalue weighted by atomic mass is 19.1. The predicted molar refractivity (Wildman–Crippen MR) is 83.3 cm³/mol. The van der Waals surface area contributed by atoms with Crippen LogP contribution in [-0.4, -0.2) is 54.3 Å². The van der Waals surface area contributed by atoms with Crippen molar-refractivity contribution in [1.29, 1.82) is 0 Å². The zero-order valence-electron chi connectivity index (χ0n) is 13.1. The molecule has 1 aromatic rings. The van der Waals surface area contributed by atoms with Gasteiger partial charge in [0.05, 0.1) is 25.6 Å². The van der Waals surface area contributed by atoms with Crippen LogP contribution >= 0.6 is 0 Å². The molecule has 0 aromatic carbocycles. The SMILES string of the molecule is Fc1cnc(NCC2(CN3CCOCC3)CCCCC2)nc1. The van der Waals surface area contributed by atoms with Gasteiger partial charge in [0, 0.05) is 31.6 Å². The van der Waals surface area contributed by atoms with Crippen LogP contribution < -0.4 is 5.32 Å². The predicted octanol–water partition coefficient (Wildman–Crippen LogP) is 2.31. The van der Waals surface area contributed by atoms with Crippen LogP contribution in [-0.2, 0) is 4.74 Å². The van der Waals surface area contributed by atoms with Gasteiger partial charge in [-0.25, -0.2) is 14.4 Å². The summed E-state index contributed by atoms with van der Waals surface area (Å²) in [4.78, 5) is 10.5. The molecule has 0 bridgehead atoms. The van der Waals surface area contributed by atoms with Crippen molar-refractivity contribution in [3.05, 3.63) is 18.2 Å². The van der Waals surface area contributed by atoms with E-state index in [0.717, 1.165) is 39.4 Å². The highest BCUT2D eigenvalue weighted by Crippen LogP contribution is 2.37. The van der Waals surface area contributed by atoms with Crippen molar-refractivity contribution in [1.82, 2.24) is 14.9 Å². The summed E-state index contributed by atoms with van der Waals surface area (Å²) in [7, 11) is 0. The van der Waals surface area contributed by atoms with E-state index in [1.165, 1.54) is 44.5 Å². The Balaban J connectivity index is 1.61. The average molecular weight is 308 g/mol. The molecule has 0 unspecified atom stereocenters. The van der Waals surface area contributed by atoms with E-state index in [1.807, 2.05) is 0 Å². The van der Waals surface area contributed by atoms with E-state index in [-0.39, 0.29) is 5.41 Å². The first-order valence-electron chi connectivity index (χ1n) is 8.27. The molecule has 0 radical (unpaired) electrons. The standard InChI is InChI=1S/C16H25FN4O/c17-14-10-18-15(19-11-14)20-12-16(4-2-1-3-5-16)13-21-6-8-22-9-7-21/h10-11H,1-9,12-13H2,(H,18,19,20). The minimum absolute atomic E-state index is 0.271. The molecule has 0 amide bonds. The van der Waals surface area contributed by atoms with Crippen molar-refractivity contribution in [3.8, 4) is 0 Å². The number of anilines is 1. The molecule has 3 rings (SSSR count). The Labute approximate surface area is 131 Å². The number of halogens is 1. The number of rotatable bonds is 5. The molecule has 22 heavy (non-hydrogen) atoms. The van der Waals surface area contributed by atoms with Crippen molar-refractivity contribution in [2.45, 2.75) is 32.1 Å². The topological polar surface area (TPSA) is 50.3 Å². The van der Waals surface area contributed by atoms with Crippen LogP contribution in [0.1, 0.15) is 32.1 Å². The van der Waals surface area contributed by atoms with Crippen LogP contribution in [0.4, 0.5) is 10.3 Å². The maximum atomic E-state index is 12.9. The summed E-state index contributed by atoms with van der Waals surface area (Å²) in [5, 5.41) is 3.33. The van der Waals surface area contributed by atoms with Gasteiger partial charge in [0.1, 0.15) is 0 Å². The number of hydrogen-bond acceptors (Lipinski definition) is 5. The van der Waals surface area contributed by atoms with Crippen molar-refractivity contribution in [3.63, 3.8) is 0 Å². The first-order chi connectivity index (χ1) is 10.8. The number of morpholine rings is 1. The molecule has 2 fully saturated rings. The Hall–Kier alpha value is -1.27. The van der Waals surface area contributed by atoms with Gasteiger partial charge in [-0.2, -0.15) is 0 Å². The summed E-state index contributed by atoms with van der Waals surface area (Å²) in [5.41, 5.74) is 0.271. The van der Waals surface area contributed by atoms with Gasteiger partial charge in [-0.3, -0.25) is 4.90 Å². The fourth-order valence-electron chi connectivity index (χ4n) is 3.60. The van der Waals surface area contributed by atoms with E-state index in [2.05, 4.69) is 20.2 Å². The van der Waals surface area contributed by atoms with Crippen LogP contribution in [0.25, 0.3) is 0 Å². The minimum Gasteiger partial charge on any atom is -0.379 e. The van der Waals surface area contributed by atoms with E-state index in [1.54, 1.807) is 0 Å². The Kier molecular flexibility index (Phi) is 5.20. The Morgan fingerprint density at radius 1 is 1.14 bits per heavy atom. The zero-order valence-corrected chi connectivity index (χ0v) is 13.1. The Bertz CT molecular complexity index is 456. The second kappa shape index (κ2) is 7.33. The highest BCUT2D eigenvalue weighted by molar-refractivity contribution is 5.23. The largest absolute Gasteiger partial charge is 0.379 e. The van der Waals surface area contributed by atoms with Gasteiger partial charge in [-0.15, -0.1) is 0 Å². The first-order valence-corrected chi connectivity index (χ1v) is 8.27. The number of nitrogens with one attached hydrogen (secondary N) is 1. The second-order valence-electron chi connectivity index (χ2n) is 6.53. The summed E-state index contributed by atoms with van der Waals surface area (Å²) >= 11 is 0. The molecule has 5 nitrogen and oxygen atoms in total. The molecule has 2 aliphatic rings. The summed E-state index contributed by atoms with van der Waals surface area (Å²) in [6.07, 6.45) is 8.80. The smallest absolute Gasteiger partial charge is 0.222 e. The fraction of sp³-hybridized carbons (Fsp3) is 0.750. The van der Waals surface area contributed by atoms with E-state index >= 15 is 0 Å². The first kappa shape index (κ1) is 15.6. The molecule has 1 saturated heterocycles. The van der Waals surface area contributed by atoms with Crippen LogP contribution in [0, 0.1) is 11.2 Å². The van der Waals surface area contributed by atoms with E-state index in [4.69, 9.17) is 4.74 Å². The van der Waals surface area contributed by atoms with Gasteiger partial charge in [0.15, 0.2) is 5.82 Å². The molecule has 0 atom stereocenters. The summed E-state index contributed by atoms with van der Waals surface area (Å²) < 4.78 is 18.3. The lowest BCUT2D eigenvalue weighted by Crippen LogP contribution is -2.47. The number of aromatic nitrogens is 2. The number of ether oxygens (including phenoxy) is 1. The quantitative estimate of drug-likeness (QED) is 0.904. The van der Waals surface area contributed by atoms with Crippen LogP contribution in [0.5, 0.6) is 0 Å². The zero-order chi connectivity index (χ0) is 15.3. The molecule has 1 saturated carbocycles. The van der Waals surface area contributed by atoms with E-state index < -0.39 is 5.82 Å². The average Bonchev–Trinajstić information content (AvgIpc) is 2.56. The third-order valence-electron chi connectivity index (χ3n) is 4.82. The third kappa shape index (κ3) is 4.14. The lowest BCUT2D eigenvalue weighted by atomic mass is 9.73. The molecular weight excluding hydrogens is 283 g/mol. The molecule has 1 aromatic heterocycles. The Morgan fingerprint density at radius 3 is 2.50 bits per heavy atom. The molecule has 2 heterocycles. The molecule has 1 aliphatic heterocycles. The molecule has 6 heteroatoms. The Morgan fingerprint density at radius 2 is 1.82 bits per heavy atom. The highest BCUT2D eigenvalue weighted by Gasteiger charge is 2.34. The maximum Gasteiger partial charge on any atom is 0.222 e. The van der Waals surface area contributed by atoms with Crippen LogP contribution in [0.2, 0.25) is 0 Å². The van der Waals surface area contributed by atoms with Gasteiger partial charge in [-0.1, -0.05) is 19.3 Å². The maximum absolute atomic E-state index is 12.9. The summed E-state index contributed by atoms with van der Waals surface area (Å²) in [6, 6.07) is 0. The van der Waals surface area contributed by atoms with Crippen LogP contribution in [0.15, 0.2) is 12.4 Å². The summed E-state index contributed by atoms with van der Waals surface area (Å²) in [6.45, 7) is 5.68.